The van der Waals surface area contributed by atoms with Crippen LogP contribution >= 0.6 is 0 Å². The number of ether oxygens (including phenoxy) is 1. The van der Waals surface area contributed by atoms with E-state index in [2.05, 4.69) is 15.5 Å². The summed E-state index contributed by atoms with van der Waals surface area (Å²) in [6.45, 7) is 0.258. The maximum absolute atomic E-state index is 12.4. The molecule has 1 aromatic carbocycles. The molecule has 0 saturated carbocycles. The number of aromatic nitrogens is 2. The van der Waals surface area contributed by atoms with Gasteiger partial charge in [-0.15, -0.1) is 0 Å². The van der Waals surface area contributed by atoms with Crippen LogP contribution in [-0.4, -0.2) is 42.1 Å². The van der Waals surface area contributed by atoms with E-state index in [0.29, 0.717) is 23.4 Å². The predicted molar refractivity (Wildman–Crippen MR) is 82.9 cm³/mol. The van der Waals surface area contributed by atoms with E-state index in [1.54, 1.807) is 0 Å². The first kappa shape index (κ1) is 14.3. The highest BCUT2D eigenvalue weighted by Crippen LogP contribution is 2.36. The molecule has 3 heterocycles. The fourth-order valence-electron chi connectivity index (χ4n) is 3.02. The van der Waals surface area contributed by atoms with Crippen LogP contribution < -0.4 is 10.1 Å². The molecule has 0 bridgehead atoms. The second-order valence-corrected chi connectivity index (χ2v) is 8.01. The smallest absolute Gasteiger partial charge is 0.269 e. The molecule has 1 fully saturated rings. The van der Waals surface area contributed by atoms with Crippen molar-refractivity contribution in [1.82, 2.24) is 15.5 Å². The second kappa shape index (κ2) is 5.09. The summed E-state index contributed by atoms with van der Waals surface area (Å²) < 4.78 is 28.6. The fourth-order valence-corrected chi connectivity index (χ4v) is 4.69. The van der Waals surface area contributed by atoms with Gasteiger partial charge in [-0.1, -0.05) is 12.1 Å². The molecule has 2 aliphatic heterocycles. The molecule has 1 saturated heterocycles. The number of carbonyl (C=O) groups is 1. The third-order valence-corrected chi connectivity index (χ3v) is 5.94. The Bertz CT molecular complexity index is 888. The van der Waals surface area contributed by atoms with E-state index in [1.807, 2.05) is 24.3 Å². The highest BCUT2D eigenvalue weighted by Gasteiger charge is 2.31. The van der Waals surface area contributed by atoms with Crippen LogP contribution in [0.15, 0.2) is 24.3 Å². The van der Waals surface area contributed by atoms with E-state index in [-0.39, 0.29) is 30.1 Å². The molecular formula is C15H15N3O4S. The molecule has 23 heavy (non-hydrogen) atoms. The average Bonchev–Trinajstić information content (AvgIpc) is 3.10. The van der Waals surface area contributed by atoms with Crippen LogP contribution in [0, 0.1) is 0 Å². The van der Waals surface area contributed by atoms with Gasteiger partial charge in [-0.2, -0.15) is 5.10 Å². The zero-order chi connectivity index (χ0) is 16.0. The summed E-state index contributed by atoms with van der Waals surface area (Å²) in [7, 11) is -3.03. The maximum Gasteiger partial charge on any atom is 0.269 e. The van der Waals surface area contributed by atoms with Crippen molar-refractivity contribution in [3.05, 3.63) is 35.5 Å². The minimum absolute atomic E-state index is 0.00555. The number of amides is 1. The van der Waals surface area contributed by atoms with Gasteiger partial charge in [0.05, 0.1) is 11.5 Å². The number of hydrogen-bond acceptors (Lipinski definition) is 5. The number of nitrogens with zero attached hydrogens (tertiary/aromatic N) is 1. The van der Waals surface area contributed by atoms with Crippen molar-refractivity contribution in [3.8, 4) is 17.0 Å². The molecule has 0 radical (unpaired) electrons. The lowest BCUT2D eigenvalue weighted by atomic mass is 10.0. The van der Waals surface area contributed by atoms with Crippen molar-refractivity contribution in [2.45, 2.75) is 19.1 Å². The van der Waals surface area contributed by atoms with Crippen LogP contribution in [0.5, 0.6) is 5.75 Å². The monoisotopic (exact) mass is 333 g/mol. The number of benzene rings is 1. The number of carbonyl (C=O) groups excluding carboxylic acids is 1. The highest BCUT2D eigenvalue weighted by atomic mass is 32.2. The molecule has 7 nitrogen and oxygen atoms in total. The van der Waals surface area contributed by atoms with Gasteiger partial charge in [0.15, 0.2) is 9.84 Å². The Morgan fingerprint density at radius 2 is 2.17 bits per heavy atom. The third-order valence-electron chi connectivity index (χ3n) is 4.18. The van der Waals surface area contributed by atoms with Crippen molar-refractivity contribution in [2.24, 2.45) is 0 Å². The number of nitrogens with one attached hydrogen (secondary N) is 2. The van der Waals surface area contributed by atoms with Gasteiger partial charge in [0.25, 0.3) is 5.91 Å². The number of rotatable bonds is 2. The summed E-state index contributed by atoms with van der Waals surface area (Å²) in [5.74, 6) is 0.508. The Hall–Kier alpha value is -2.35. The molecule has 0 aliphatic carbocycles. The largest absolute Gasteiger partial charge is 0.488 e. The van der Waals surface area contributed by atoms with Gasteiger partial charge in [-0.05, 0) is 18.6 Å². The number of para-hydroxylation sites is 1. The van der Waals surface area contributed by atoms with Crippen LogP contribution in [0.25, 0.3) is 11.3 Å². The molecule has 2 aliphatic rings. The summed E-state index contributed by atoms with van der Waals surface area (Å²) in [6.07, 6.45) is 0.448. The number of fused-ring (bicyclic) bond motifs is 3. The predicted octanol–water partition coefficient (Wildman–Crippen LogP) is 0.886. The van der Waals surface area contributed by atoms with Crippen molar-refractivity contribution in [2.75, 3.05) is 11.5 Å². The fraction of sp³-hybridized carbons (Fsp3) is 0.333. The number of aromatic amines is 1. The average molecular weight is 333 g/mol. The Morgan fingerprint density at radius 1 is 1.35 bits per heavy atom. The quantitative estimate of drug-likeness (QED) is 0.850. The molecule has 1 unspecified atom stereocenters. The topological polar surface area (TPSA) is 101 Å². The third kappa shape index (κ3) is 2.48. The van der Waals surface area contributed by atoms with E-state index < -0.39 is 9.84 Å². The Balaban J connectivity index is 1.60. The maximum atomic E-state index is 12.4. The van der Waals surface area contributed by atoms with Crippen molar-refractivity contribution < 1.29 is 17.9 Å². The molecule has 8 heteroatoms. The summed E-state index contributed by atoms with van der Waals surface area (Å²) in [5, 5.41) is 9.76. The van der Waals surface area contributed by atoms with Crippen molar-refractivity contribution >= 4 is 15.7 Å². The standard InChI is InChI=1S/C15H15N3O4S/c19-15(16-9-5-6-23(20,21)8-9)14-11-7-22-12-4-2-1-3-10(12)13(11)17-18-14/h1-4,9H,5-8H2,(H,16,19)(H,17,18). The molecule has 2 aromatic rings. The van der Waals surface area contributed by atoms with E-state index >= 15 is 0 Å². The van der Waals surface area contributed by atoms with Crippen LogP contribution in [0.3, 0.4) is 0 Å². The summed E-state index contributed by atoms with van der Waals surface area (Å²) in [6, 6.07) is 7.16. The minimum Gasteiger partial charge on any atom is -0.488 e. The molecule has 2 N–H and O–H groups in total. The van der Waals surface area contributed by atoms with Crippen LogP contribution in [-0.2, 0) is 16.4 Å². The lowest BCUT2D eigenvalue weighted by molar-refractivity contribution is 0.0933. The molecule has 120 valence electrons. The van der Waals surface area contributed by atoms with Crippen LogP contribution in [0.2, 0.25) is 0 Å². The lowest BCUT2D eigenvalue weighted by Gasteiger charge is -2.17. The van der Waals surface area contributed by atoms with Crippen molar-refractivity contribution in [1.29, 1.82) is 0 Å². The molecule has 1 atom stereocenters. The van der Waals surface area contributed by atoms with E-state index in [1.165, 1.54) is 0 Å². The van der Waals surface area contributed by atoms with Gasteiger partial charge < -0.3 is 10.1 Å². The Labute approximate surface area is 133 Å². The summed E-state index contributed by atoms with van der Waals surface area (Å²) in [4.78, 5) is 12.4. The van der Waals surface area contributed by atoms with Gasteiger partial charge >= 0.3 is 0 Å². The van der Waals surface area contributed by atoms with Crippen LogP contribution in [0.4, 0.5) is 0 Å². The Morgan fingerprint density at radius 3 is 2.96 bits per heavy atom. The van der Waals surface area contributed by atoms with Gasteiger partial charge in [0.1, 0.15) is 23.7 Å². The zero-order valence-corrected chi connectivity index (χ0v) is 13.0. The number of hydrogen-bond donors (Lipinski definition) is 2. The molecule has 0 spiro atoms. The first-order chi connectivity index (χ1) is 11.0. The lowest BCUT2D eigenvalue weighted by Crippen LogP contribution is -2.36. The van der Waals surface area contributed by atoms with Gasteiger partial charge in [0, 0.05) is 17.2 Å². The van der Waals surface area contributed by atoms with Crippen molar-refractivity contribution in [3.63, 3.8) is 0 Å². The number of H-pyrrole nitrogens is 1. The Kier molecular flexibility index (Phi) is 3.15. The van der Waals surface area contributed by atoms with E-state index in [9.17, 15) is 13.2 Å². The van der Waals surface area contributed by atoms with Crippen LogP contribution in [0.1, 0.15) is 22.5 Å². The summed E-state index contributed by atoms with van der Waals surface area (Å²) >= 11 is 0. The minimum atomic E-state index is -3.03. The first-order valence-electron chi connectivity index (χ1n) is 7.34. The molecular weight excluding hydrogens is 318 g/mol. The van der Waals surface area contributed by atoms with Gasteiger partial charge in [-0.3, -0.25) is 9.89 Å². The van der Waals surface area contributed by atoms with E-state index in [4.69, 9.17) is 4.74 Å². The molecule has 4 rings (SSSR count). The van der Waals surface area contributed by atoms with Gasteiger partial charge in [0.2, 0.25) is 0 Å². The molecule has 1 aromatic heterocycles. The summed E-state index contributed by atoms with van der Waals surface area (Å²) in [5.41, 5.74) is 2.57. The highest BCUT2D eigenvalue weighted by molar-refractivity contribution is 7.91. The normalized spacial score (nSPS) is 21.1. The zero-order valence-electron chi connectivity index (χ0n) is 12.2. The SMILES string of the molecule is O=C(NC1CCS(=O)(=O)C1)c1[nH]nc2c1COc1ccccc1-2. The van der Waals surface area contributed by atoms with Gasteiger partial charge in [-0.25, -0.2) is 8.42 Å². The number of sulfone groups is 1. The van der Waals surface area contributed by atoms with E-state index in [0.717, 1.165) is 11.3 Å². The first-order valence-corrected chi connectivity index (χ1v) is 9.16. The molecule has 1 amide bonds. The second-order valence-electron chi connectivity index (χ2n) is 5.78.